The first-order chi connectivity index (χ1) is 9.29. The van der Waals surface area contributed by atoms with Crippen LogP contribution in [0.1, 0.15) is 36.0 Å². The molecule has 2 rings (SSSR count). The Morgan fingerprint density at radius 2 is 2.05 bits per heavy atom. The fourth-order valence-corrected chi connectivity index (χ4v) is 4.08. The predicted octanol–water partition coefficient (Wildman–Crippen LogP) is 3.37. The molecular weight excluding hydrogens is 347 g/mol. The molecule has 3 nitrogen and oxygen atoms in total. The van der Waals surface area contributed by atoms with Crippen LogP contribution in [0, 0.1) is 11.7 Å². The third kappa shape index (κ3) is 3.47. The quantitative estimate of drug-likeness (QED) is 0.774. The Balaban J connectivity index is 2.18. The minimum atomic E-state index is -3.12. The van der Waals surface area contributed by atoms with Gasteiger partial charge in [-0.25, -0.2) is 12.8 Å². The predicted molar refractivity (Wildman–Crippen MR) is 79.0 cm³/mol. The summed E-state index contributed by atoms with van der Waals surface area (Å²) in [6.45, 7) is 0. The molecule has 1 aromatic rings. The van der Waals surface area contributed by atoms with Gasteiger partial charge >= 0.3 is 0 Å². The molecular formula is C14H16BrFO3S. The van der Waals surface area contributed by atoms with E-state index in [2.05, 4.69) is 15.9 Å². The van der Waals surface area contributed by atoms with Gasteiger partial charge in [0.15, 0.2) is 5.78 Å². The molecule has 6 heteroatoms. The number of benzene rings is 1. The van der Waals surface area contributed by atoms with Gasteiger partial charge in [-0.3, -0.25) is 4.79 Å². The highest BCUT2D eigenvalue weighted by Crippen LogP contribution is 2.31. The topological polar surface area (TPSA) is 51.2 Å². The molecule has 0 N–H and O–H groups in total. The van der Waals surface area contributed by atoms with Gasteiger partial charge in [-0.15, -0.1) is 0 Å². The molecule has 1 aliphatic carbocycles. The minimum absolute atomic E-state index is 0.162. The molecule has 1 aromatic carbocycles. The number of ketones is 1. The Kier molecular flexibility index (Phi) is 4.64. The molecule has 1 saturated carbocycles. The first-order valence-electron chi connectivity index (χ1n) is 6.47. The highest BCUT2D eigenvalue weighted by atomic mass is 79.9. The normalized spacial score (nSPS) is 23.6. The summed E-state index contributed by atoms with van der Waals surface area (Å²) in [6, 6.07) is 4.27. The second-order valence-corrected chi connectivity index (χ2v) is 8.49. The number of hydrogen-bond donors (Lipinski definition) is 0. The Hall–Kier alpha value is -0.750. The SMILES string of the molecule is CS(=O)(=O)C1CCCC(C(=O)c2ccc(Br)c(F)c2)C1. The Labute approximate surface area is 126 Å². The summed E-state index contributed by atoms with van der Waals surface area (Å²) in [5.41, 5.74) is 0.310. The van der Waals surface area contributed by atoms with Gasteiger partial charge in [0, 0.05) is 17.7 Å². The lowest BCUT2D eigenvalue weighted by Crippen LogP contribution is -2.31. The van der Waals surface area contributed by atoms with Crippen molar-refractivity contribution in [1.82, 2.24) is 0 Å². The summed E-state index contributed by atoms with van der Waals surface area (Å²) in [6.07, 6.45) is 3.55. The molecule has 0 aromatic heterocycles. The molecule has 0 radical (unpaired) electrons. The zero-order valence-electron chi connectivity index (χ0n) is 11.1. The maximum atomic E-state index is 13.5. The highest BCUT2D eigenvalue weighted by Gasteiger charge is 2.32. The molecule has 0 amide bonds. The van der Waals surface area contributed by atoms with Gasteiger partial charge in [-0.05, 0) is 47.3 Å². The van der Waals surface area contributed by atoms with Crippen LogP contribution in [0.5, 0.6) is 0 Å². The van der Waals surface area contributed by atoms with E-state index in [0.29, 0.717) is 35.7 Å². The molecule has 0 saturated heterocycles. The van der Waals surface area contributed by atoms with Crippen molar-refractivity contribution < 1.29 is 17.6 Å². The molecule has 2 unspecified atom stereocenters. The summed E-state index contributed by atoms with van der Waals surface area (Å²) >= 11 is 3.04. The third-order valence-corrected chi connectivity index (χ3v) is 6.09. The lowest BCUT2D eigenvalue weighted by molar-refractivity contribution is 0.0890. The van der Waals surface area contributed by atoms with Crippen LogP contribution >= 0.6 is 15.9 Å². The van der Waals surface area contributed by atoms with Crippen LogP contribution in [0.3, 0.4) is 0 Å². The van der Waals surface area contributed by atoms with E-state index in [1.807, 2.05) is 0 Å². The van der Waals surface area contributed by atoms with Crippen LogP contribution in [-0.4, -0.2) is 25.7 Å². The summed E-state index contributed by atoms with van der Waals surface area (Å²) < 4.78 is 37.0. The van der Waals surface area contributed by atoms with E-state index in [0.717, 1.165) is 0 Å². The van der Waals surface area contributed by atoms with Crippen molar-refractivity contribution >= 4 is 31.6 Å². The summed E-state index contributed by atoms with van der Waals surface area (Å²) in [5, 5.41) is -0.453. The van der Waals surface area contributed by atoms with Gasteiger partial charge < -0.3 is 0 Å². The van der Waals surface area contributed by atoms with Gasteiger partial charge in [-0.2, -0.15) is 0 Å². The van der Waals surface area contributed by atoms with Gasteiger partial charge in [0.05, 0.1) is 9.72 Å². The Morgan fingerprint density at radius 3 is 2.65 bits per heavy atom. The standard InChI is InChI=1S/C14H16BrFO3S/c1-20(18,19)11-4-2-3-9(7-11)14(17)10-5-6-12(15)13(16)8-10/h5-6,8-9,11H,2-4,7H2,1H3. The molecule has 0 spiro atoms. The molecule has 2 atom stereocenters. The van der Waals surface area contributed by atoms with Crippen molar-refractivity contribution in [3.8, 4) is 0 Å². The molecule has 0 bridgehead atoms. The number of sulfone groups is 1. The van der Waals surface area contributed by atoms with Crippen molar-refractivity contribution in [3.63, 3.8) is 0 Å². The fourth-order valence-electron chi connectivity index (χ4n) is 2.66. The lowest BCUT2D eigenvalue weighted by Gasteiger charge is -2.27. The molecule has 1 aliphatic rings. The van der Waals surface area contributed by atoms with E-state index in [-0.39, 0.29) is 11.7 Å². The second kappa shape index (κ2) is 5.93. The Bertz CT molecular complexity index is 627. The van der Waals surface area contributed by atoms with E-state index >= 15 is 0 Å². The van der Waals surface area contributed by atoms with Gasteiger partial charge in [0.2, 0.25) is 0 Å². The average Bonchev–Trinajstić information content (AvgIpc) is 2.40. The van der Waals surface area contributed by atoms with Gasteiger partial charge in [0.25, 0.3) is 0 Å². The first-order valence-corrected chi connectivity index (χ1v) is 9.22. The molecule has 110 valence electrons. The molecule has 1 fully saturated rings. The number of Topliss-reactive ketones (excluding diaryl/α,β-unsaturated/α-hetero) is 1. The summed E-state index contributed by atoms with van der Waals surface area (Å²) in [5.74, 6) is -0.972. The van der Waals surface area contributed by atoms with E-state index in [4.69, 9.17) is 0 Å². The largest absolute Gasteiger partial charge is 0.294 e. The first kappa shape index (κ1) is 15.6. The maximum absolute atomic E-state index is 13.5. The number of rotatable bonds is 3. The summed E-state index contributed by atoms with van der Waals surface area (Å²) in [7, 11) is -3.12. The third-order valence-electron chi connectivity index (χ3n) is 3.81. The van der Waals surface area contributed by atoms with Gasteiger partial charge in [0.1, 0.15) is 15.7 Å². The van der Waals surface area contributed by atoms with Gasteiger partial charge in [-0.1, -0.05) is 12.5 Å². The van der Waals surface area contributed by atoms with Crippen LogP contribution in [0.25, 0.3) is 0 Å². The zero-order valence-corrected chi connectivity index (χ0v) is 13.5. The van der Waals surface area contributed by atoms with Crippen molar-refractivity contribution in [3.05, 3.63) is 34.1 Å². The fraction of sp³-hybridized carbons (Fsp3) is 0.500. The van der Waals surface area contributed by atoms with Crippen molar-refractivity contribution in [2.75, 3.05) is 6.26 Å². The number of hydrogen-bond acceptors (Lipinski definition) is 3. The lowest BCUT2D eigenvalue weighted by atomic mass is 9.83. The molecule has 0 aliphatic heterocycles. The second-order valence-electron chi connectivity index (χ2n) is 5.31. The summed E-state index contributed by atoms with van der Waals surface area (Å²) in [4.78, 5) is 12.4. The number of carbonyl (C=O) groups is 1. The number of carbonyl (C=O) groups excluding carboxylic acids is 1. The smallest absolute Gasteiger partial charge is 0.166 e. The van der Waals surface area contributed by atoms with E-state index < -0.39 is 20.9 Å². The van der Waals surface area contributed by atoms with Crippen LogP contribution in [0.4, 0.5) is 4.39 Å². The van der Waals surface area contributed by atoms with E-state index in [9.17, 15) is 17.6 Å². The highest BCUT2D eigenvalue weighted by molar-refractivity contribution is 9.10. The van der Waals surface area contributed by atoms with Crippen LogP contribution in [-0.2, 0) is 9.84 Å². The van der Waals surface area contributed by atoms with E-state index in [1.165, 1.54) is 18.4 Å². The van der Waals surface area contributed by atoms with Crippen LogP contribution in [0.15, 0.2) is 22.7 Å². The van der Waals surface area contributed by atoms with E-state index in [1.54, 1.807) is 6.07 Å². The molecule has 20 heavy (non-hydrogen) atoms. The average molecular weight is 363 g/mol. The monoisotopic (exact) mass is 362 g/mol. The van der Waals surface area contributed by atoms with Crippen molar-refractivity contribution in [2.24, 2.45) is 5.92 Å². The van der Waals surface area contributed by atoms with Crippen LogP contribution < -0.4 is 0 Å². The number of halogens is 2. The van der Waals surface area contributed by atoms with Crippen LogP contribution in [0.2, 0.25) is 0 Å². The van der Waals surface area contributed by atoms with Crippen molar-refractivity contribution in [1.29, 1.82) is 0 Å². The van der Waals surface area contributed by atoms with Crippen molar-refractivity contribution in [2.45, 2.75) is 30.9 Å². The Morgan fingerprint density at radius 1 is 1.35 bits per heavy atom. The maximum Gasteiger partial charge on any atom is 0.166 e. The minimum Gasteiger partial charge on any atom is -0.294 e. The zero-order chi connectivity index (χ0) is 14.9. The molecule has 0 heterocycles.